The Morgan fingerprint density at radius 1 is 0.877 bits per heavy atom. The molecule has 13 nitrogen and oxygen atoms in total. The molecule has 57 heavy (non-hydrogen) atoms. The molecule has 2 unspecified atom stereocenters. The largest absolute Gasteiger partial charge is 0.445 e. The molecule has 0 saturated carbocycles. The van der Waals surface area contributed by atoms with Gasteiger partial charge in [-0.05, 0) is 67.5 Å². The van der Waals surface area contributed by atoms with Gasteiger partial charge in [0.1, 0.15) is 18.2 Å². The predicted octanol–water partition coefficient (Wildman–Crippen LogP) is 5.34. The van der Waals surface area contributed by atoms with E-state index in [1.54, 1.807) is 48.5 Å². The van der Waals surface area contributed by atoms with Crippen LogP contribution in [0.15, 0.2) is 130 Å². The number of benzene rings is 4. The Kier molecular flexibility index (Phi) is 14.0. The van der Waals surface area contributed by atoms with Crippen LogP contribution in [-0.2, 0) is 38.2 Å². The van der Waals surface area contributed by atoms with Gasteiger partial charge in [-0.2, -0.15) is 0 Å². The number of hydrogen-bond acceptors (Lipinski definition) is 9. The first-order valence-corrected chi connectivity index (χ1v) is 20.1. The van der Waals surface area contributed by atoms with Gasteiger partial charge in [0.05, 0.1) is 22.1 Å². The number of guanidine groups is 1. The monoisotopic (exact) mass is 790 g/mol. The number of aromatic nitrogens is 1. The molecule has 0 aliphatic carbocycles. The highest BCUT2D eigenvalue weighted by Gasteiger charge is 2.45. The second kappa shape index (κ2) is 19.6. The van der Waals surface area contributed by atoms with Crippen LogP contribution < -0.4 is 16.8 Å². The summed E-state index contributed by atoms with van der Waals surface area (Å²) in [6, 6.07) is 32.4. The number of aryl methyl sites for hydroxylation is 1. The number of carbonyl (C=O) groups excluding carboxylic acids is 4. The average Bonchev–Trinajstić information content (AvgIpc) is 3.89. The van der Waals surface area contributed by atoms with Crippen LogP contribution in [0.1, 0.15) is 53.9 Å². The second-order valence-electron chi connectivity index (χ2n) is 13.9. The fraction of sp³-hybridized carbons (Fsp3) is 0.302. The molecule has 14 heteroatoms. The first kappa shape index (κ1) is 40.5. The molecule has 2 amide bonds. The summed E-state index contributed by atoms with van der Waals surface area (Å²) in [5.74, 6) is -2.46. The van der Waals surface area contributed by atoms with Crippen LogP contribution in [0.25, 0.3) is 11.1 Å². The van der Waals surface area contributed by atoms with Gasteiger partial charge >= 0.3 is 6.09 Å². The Bertz CT molecular complexity index is 2160. The summed E-state index contributed by atoms with van der Waals surface area (Å²) in [6.45, 7) is 0.219. The molecule has 0 bridgehead atoms. The van der Waals surface area contributed by atoms with Crippen LogP contribution in [-0.4, -0.2) is 74.0 Å². The normalized spacial score (nSPS) is 16.7. The van der Waals surface area contributed by atoms with E-state index in [0.717, 1.165) is 11.1 Å². The lowest BCUT2D eigenvalue weighted by atomic mass is 9.89. The lowest BCUT2D eigenvalue weighted by Gasteiger charge is -2.29. The zero-order valence-electron chi connectivity index (χ0n) is 31.4. The van der Waals surface area contributed by atoms with Crippen molar-refractivity contribution in [3.8, 4) is 0 Å². The van der Waals surface area contributed by atoms with E-state index in [2.05, 4.69) is 15.3 Å². The molecule has 1 fully saturated rings. The molecule has 1 saturated heterocycles. The van der Waals surface area contributed by atoms with Crippen molar-refractivity contribution in [1.82, 2.24) is 15.2 Å². The number of likely N-dealkylation sites (tertiary alicyclic amines) is 1. The Hall–Kier alpha value is -6.15. The van der Waals surface area contributed by atoms with E-state index < -0.39 is 51.8 Å². The standard InChI is InChI=1S/C43H46N6O7S/c44-42(45)46-24-12-17-31(39(51)40-47-34-20-10-11-21-38(34)56-40)25-37(50)36-26-33(57(54)32-18-8-3-9-19-32)27-49(36)41(52)35(23-22-29-13-4-1-5-14-29)48-43(53)55-28-30-15-6-2-7-16-30/h1-11,13-16,18-21,31,33,35-36H,12,17,22-28H2,(H,48,53)(H4,44,45,46)/t31-,33?,35-,36+,57?/m1/s1. The minimum atomic E-state index is -1.57. The number of para-hydroxylation sites is 2. The molecule has 4 aromatic carbocycles. The van der Waals surface area contributed by atoms with Crippen molar-refractivity contribution in [2.75, 3.05) is 13.1 Å². The third-order valence-electron chi connectivity index (χ3n) is 9.89. The van der Waals surface area contributed by atoms with E-state index in [1.165, 1.54) is 4.90 Å². The summed E-state index contributed by atoms with van der Waals surface area (Å²) in [6.07, 6.45) is 0.311. The third kappa shape index (κ3) is 11.0. The maximum Gasteiger partial charge on any atom is 0.408 e. The summed E-state index contributed by atoms with van der Waals surface area (Å²) < 4.78 is 25.3. The lowest BCUT2D eigenvalue weighted by molar-refractivity contribution is -0.139. The number of nitrogens with zero attached hydrogens (tertiary/aromatic N) is 3. The maximum absolute atomic E-state index is 14.7. The molecular formula is C43H46N6O7S. The van der Waals surface area contributed by atoms with Gasteiger partial charge in [-0.25, -0.2) is 9.78 Å². The van der Waals surface area contributed by atoms with Crippen molar-refractivity contribution in [2.45, 2.75) is 67.4 Å². The number of Topliss-reactive ketones (excluding diaryl/α,β-unsaturated/α-hetero) is 2. The van der Waals surface area contributed by atoms with E-state index >= 15 is 0 Å². The number of amides is 2. The Labute approximate surface area is 333 Å². The number of rotatable bonds is 18. The number of carbonyl (C=O) groups is 4. The first-order chi connectivity index (χ1) is 27.7. The van der Waals surface area contributed by atoms with Gasteiger partial charge in [0.2, 0.25) is 11.7 Å². The summed E-state index contributed by atoms with van der Waals surface area (Å²) in [5.41, 5.74) is 13.7. The van der Waals surface area contributed by atoms with Crippen LogP contribution in [0.2, 0.25) is 0 Å². The van der Waals surface area contributed by atoms with Crippen molar-refractivity contribution in [1.29, 1.82) is 0 Å². The summed E-state index contributed by atoms with van der Waals surface area (Å²) in [4.78, 5) is 66.8. The van der Waals surface area contributed by atoms with Crippen molar-refractivity contribution >= 4 is 51.4 Å². The van der Waals surface area contributed by atoms with Gasteiger partial charge in [0, 0.05) is 30.3 Å². The molecule has 1 aliphatic heterocycles. The number of ketones is 2. The summed E-state index contributed by atoms with van der Waals surface area (Å²) in [7, 11) is -1.57. The van der Waals surface area contributed by atoms with E-state index in [1.807, 2.05) is 66.7 Å². The minimum Gasteiger partial charge on any atom is -0.445 e. The number of fused-ring (bicyclic) bond motifs is 1. The molecular weight excluding hydrogens is 745 g/mol. The number of nitrogens with two attached hydrogens (primary N) is 2. The highest BCUT2D eigenvalue weighted by Crippen LogP contribution is 2.31. The van der Waals surface area contributed by atoms with E-state index in [-0.39, 0.29) is 63.0 Å². The molecule has 0 radical (unpaired) electrons. The van der Waals surface area contributed by atoms with Gasteiger partial charge in [-0.15, -0.1) is 0 Å². The minimum absolute atomic E-state index is 0.00604. The average molecular weight is 791 g/mol. The molecule has 5 atom stereocenters. The zero-order valence-corrected chi connectivity index (χ0v) is 32.2. The van der Waals surface area contributed by atoms with E-state index in [0.29, 0.717) is 28.8 Å². The highest BCUT2D eigenvalue weighted by atomic mass is 32.2. The molecule has 1 aromatic heterocycles. The van der Waals surface area contributed by atoms with Crippen molar-refractivity contribution in [3.05, 3.63) is 132 Å². The lowest BCUT2D eigenvalue weighted by Crippen LogP contribution is -2.52. The van der Waals surface area contributed by atoms with Crippen LogP contribution in [0, 0.1) is 5.92 Å². The SMILES string of the molecule is NC(N)=NCCC[C@H](CC(=O)[C@@H]1CC(S(=O)c2ccccc2)CN1C(=O)[C@@H](CCc1ccccc1)NC(=O)OCc1ccccc1)C(=O)c1nc2ccccc2o1. The zero-order chi connectivity index (χ0) is 40.1. The first-order valence-electron chi connectivity index (χ1n) is 18.9. The molecule has 5 N–H and O–H groups in total. The molecule has 5 aromatic rings. The molecule has 296 valence electrons. The Morgan fingerprint density at radius 3 is 2.21 bits per heavy atom. The summed E-state index contributed by atoms with van der Waals surface area (Å²) in [5, 5.41) is 2.16. The third-order valence-corrected chi connectivity index (χ3v) is 11.6. The maximum atomic E-state index is 14.7. The number of alkyl carbamates (subject to hydrolysis) is 1. The topological polar surface area (TPSA) is 200 Å². The number of hydrogen-bond donors (Lipinski definition) is 3. The van der Waals surface area contributed by atoms with Gasteiger partial charge in [-0.1, -0.05) is 91.0 Å². The van der Waals surface area contributed by atoms with Crippen LogP contribution in [0.4, 0.5) is 4.79 Å². The second-order valence-corrected chi connectivity index (χ2v) is 15.7. The van der Waals surface area contributed by atoms with E-state index in [9.17, 15) is 23.4 Å². The molecule has 2 heterocycles. The van der Waals surface area contributed by atoms with E-state index in [4.69, 9.17) is 20.6 Å². The quantitative estimate of drug-likeness (QED) is 0.0450. The Morgan fingerprint density at radius 2 is 1.53 bits per heavy atom. The van der Waals surface area contributed by atoms with Crippen LogP contribution >= 0.6 is 0 Å². The van der Waals surface area contributed by atoms with Gasteiger partial charge in [0.15, 0.2) is 17.3 Å². The number of ether oxygens (including phenoxy) is 1. The predicted molar refractivity (Wildman–Crippen MR) is 216 cm³/mol. The molecule has 6 rings (SSSR count). The Balaban J connectivity index is 1.27. The van der Waals surface area contributed by atoms with Crippen molar-refractivity contribution < 1.29 is 32.5 Å². The smallest absolute Gasteiger partial charge is 0.408 e. The number of aliphatic imine (C=N–C) groups is 1. The molecule has 1 aliphatic rings. The van der Waals surface area contributed by atoms with Crippen molar-refractivity contribution in [3.63, 3.8) is 0 Å². The highest BCUT2D eigenvalue weighted by molar-refractivity contribution is 7.85. The van der Waals surface area contributed by atoms with Gasteiger partial charge in [-0.3, -0.25) is 23.6 Å². The number of oxazole rings is 1. The summed E-state index contributed by atoms with van der Waals surface area (Å²) >= 11 is 0. The van der Waals surface area contributed by atoms with Crippen molar-refractivity contribution in [2.24, 2.45) is 22.4 Å². The van der Waals surface area contributed by atoms with Crippen LogP contribution in [0.3, 0.4) is 0 Å². The number of nitrogens with one attached hydrogen (secondary N) is 1. The fourth-order valence-electron chi connectivity index (χ4n) is 6.97. The fourth-order valence-corrected chi connectivity index (χ4v) is 8.43. The molecule has 0 spiro atoms. The van der Waals surface area contributed by atoms with Gasteiger partial charge in [0.25, 0.3) is 5.89 Å². The van der Waals surface area contributed by atoms with Crippen LogP contribution in [0.5, 0.6) is 0 Å². The van der Waals surface area contributed by atoms with Gasteiger partial charge < -0.3 is 30.8 Å².